The van der Waals surface area contributed by atoms with Gasteiger partial charge in [-0.25, -0.2) is 9.98 Å². The monoisotopic (exact) mass is 251 g/mol. The molecule has 0 bridgehead atoms. The van der Waals surface area contributed by atoms with Crippen LogP contribution in [0.15, 0.2) is 17.1 Å². The molecule has 1 saturated heterocycles. The lowest BCUT2D eigenvalue weighted by atomic mass is 10.1. The number of hydrogen-bond donors (Lipinski definition) is 0. The fraction of sp³-hybridized carbons (Fsp3) is 0.500. The Hall–Kier alpha value is -0.970. The number of rotatable bonds is 2. The maximum atomic E-state index is 5.86. The zero-order valence-corrected chi connectivity index (χ0v) is 10.3. The van der Waals surface area contributed by atoms with Gasteiger partial charge in [0.15, 0.2) is 5.82 Å². The average molecular weight is 252 g/mol. The molecule has 0 atom stereocenters. The third kappa shape index (κ3) is 2.49. The van der Waals surface area contributed by atoms with Crippen LogP contribution in [-0.4, -0.2) is 48.4 Å². The van der Waals surface area contributed by atoms with E-state index in [1.165, 1.54) is 11.3 Å². The van der Waals surface area contributed by atoms with Gasteiger partial charge in [0.2, 0.25) is 0 Å². The van der Waals surface area contributed by atoms with Crippen molar-refractivity contribution in [1.82, 2.24) is 9.88 Å². The lowest BCUT2D eigenvalue weighted by molar-refractivity contribution is 0.0452. The average Bonchev–Trinajstić information content (AvgIpc) is 2.71. The number of pyridine rings is 1. The molecule has 0 aromatic carbocycles. The first-order valence-corrected chi connectivity index (χ1v) is 6.21. The standard InChI is InChI=1S/C12H14ClN3O/c13-11-2-1-9-7-10(14-12(9)15-11)8-16-3-5-17-6-4-16/h1-2H,3-8H2. The number of morpholine rings is 1. The van der Waals surface area contributed by atoms with Gasteiger partial charge in [-0.1, -0.05) is 17.7 Å². The zero-order valence-electron chi connectivity index (χ0n) is 9.53. The van der Waals surface area contributed by atoms with Gasteiger partial charge in [-0.2, -0.15) is 0 Å². The van der Waals surface area contributed by atoms with Crippen molar-refractivity contribution in [2.75, 3.05) is 32.8 Å². The highest BCUT2D eigenvalue weighted by molar-refractivity contribution is 6.29. The molecule has 2 aliphatic rings. The number of ether oxygens (including phenoxy) is 1. The predicted octanol–water partition coefficient (Wildman–Crippen LogP) is 1.70. The fourth-order valence-corrected chi connectivity index (χ4v) is 2.35. The van der Waals surface area contributed by atoms with Gasteiger partial charge in [-0.05, 0) is 6.07 Å². The Labute approximate surface area is 105 Å². The number of aliphatic imine (C=N–C) groups is 1. The summed E-state index contributed by atoms with van der Waals surface area (Å²) < 4.78 is 5.33. The van der Waals surface area contributed by atoms with Crippen LogP contribution >= 0.6 is 11.6 Å². The summed E-state index contributed by atoms with van der Waals surface area (Å²) in [6.45, 7) is 4.54. The molecule has 0 spiro atoms. The van der Waals surface area contributed by atoms with E-state index in [2.05, 4.69) is 14.9 Å². The van der Waals surface area contributed by atoms with E-state index in [1.54, 1.807) is 0 Å². The minimum Gasteiger partial charge on any atom is -0.379 e. The molecule has 90 valence electrons. The first-order valence-electron chi connectivity index (χ1n) is 5.83. The minimum absolute atomic E-state index is 0.514. The molecule has 0 N–H and O–H groups in total. The molecule has 3 heterocycles. The molecule has 0 unspecified atom stereocenters. The second kappa shape index (κ2) is 4.72. The fourth-order valence-electron chi connectivity index (χ4n) is 2.21. The summed E-state index contributed by atoms with van der Waals surface area (Å²) in [5.41, 5.74) is 2.36. The summed E-state index contributed by atoms with van der Waals surface area (Å²) in [5, 5.41) is 0.514. The summed E-state index contributed by atoms with van der Waals surface area (Å²) in [7, 11) is 0. The Kier molecular flexibility index (Phi) is 3.09. The first kappa shape index (κ1) is 11.1. The SMILES string of the molecule is Clc1ccc2c(n1)N=C(CN1CCOCC1)C2. The van der Waals surface area contributed by atoms with Gasteiger partial charge in [0, 0.05) is 37.3 Å². The highest BCUT2D eigenvalue weighted by Crippen LogP contribution is 2.26. The van der Waals surface area contributed by atoms with Crippen LogP contribution in [0.5, 0.6) is 0 Å². The van der Waals surface area contributed by atoms with Gasteiger partial charge < -0.3 is 4.74 Å². The maximum Gasteiger partial charge on any atom is 0.157 e. The maximum absolute atomic E-state index is 5.86. The first-order chi connectivity index (χ1) is 8.31. The largest absolute Gasteiger partial charge is 0.379 e. The van der Waals surface area contributed by atoms with Gasteiger partial charge in [-0.15, -0.1) is 0 Å². The van der Waals surface area contributed by atoms with Crippen LogP contribution in [0, 0.1) is 0 Å². The van der Waals surface area contributed by atoms with Gasteiger partial charge >= 0.3 is 0 Å². The summed E-state index contributed by atoms with van der Waals surface area (Å²) >= 11 is 5.86. The Bertz CT molecular complexity index is 455. The second-order valence-corrected chi connectivity index (χ2v) is 4.75. The normalized spacial score (nSPS) is 20.2. The van der Waals surface area contributed by atoms with Crippen LogP contribution in [0.25, 0.3) is 0 Å². The zero-order chi connectivity index (χ0) is 11.7. The molecule has 1 fully saturated rings. The van der Waals surface area contributed by atoms with E-state index >= 15 is 0 Å². The molecule has 17 heavy (non-hydrogen) atoms. The minimum atomic E-state index is 0.514. The second-order valence-electron chi connectivity index (χ2n) is 4.36. The Balaban J connectivity index is 1.69. The van der Waals surface area contributed by atoms with Gasteiger partial charge in [-0.3, -0.25) is 4.90 Å². The molecule has 0 aliphatic carbocycles. The highest BCUT2D eigenvalue weighted by Gasteiger charge is 2.19. The third-order valence-corrected chi connectivity index (χ3v) is 3.30. The molecular weight excluding hydrogens is 238 g/mol. The molecular formula is C12H14ClN3O. The summed E-state index contributed by atoms with van der Waals surface area (Å²) in [5.74, 6) is 0.792. The predicted molar refractivity (Wildman–Crippen MR) is 67.3 cm³/mol. The van der Waals surface area contributed by atoms with Gasteiger partial charge in [0.1, 0.15) is 5.15 Å². The highest BCUT2D eigenvalue weighted by atomic mass is 35.5. The lowest BCUT2D eigenvalue weighted by Gasteiger charge is -2.26. The van der Waals surface area contributed by atoms with Gasteiger partial charge in [0.25, 0.3) is 0 Å². The Morgan fingerprint density at radius 1 is 1.29 bits per heavy atom. The Morgan fingerprint density at radius 3 is 2.94 bits per heavy atom. The molecule has 1 aromatic heterocycles. The lowest BCUT2D eigenvalue weighted by Crippen LogP contribution is -2.39. The van der Waals surface area contributed by atoms with Crippen molar-refractivity contribution in [2.24, 2.45) is 4.99 Å². The van der Waals surface area contributed by atoms with Crippen molar-refractivity contribution in [2.45, 2.75) is 6.42 Å². The van der Waals surface area contributed by atoms with Crippen LogP contribution in [0.1, 0.15) is 5.56 Å². The summed E-state index contributed by atoms with van der Waals surface area (Å²) in [6.07, 6.45) is 0.900. The van der Waals surface area contributed by atoms with Crippen molar-refractivity contribution in [3.05, 3.63) is 22.8 Å². The number of aromatic nitrogens is 1. The molecule has 0 radical (unpaired) electrons. The van der Waals surface area contributed by atoms with Crippen molar-refractivity contribution in [3.8, 4) is 0 Å². The van der Waals surface area contributed by atoms with Crippen molar-refractivity contribution in [3.63, 3.8) is 0 Å². The molecule has 0 amide bonds. The summed E-state index contributed by atoms with van der Waals surface area (Å²) in [6, 6.07) is 3.84. The van der Waals surface area contributed by atoms with E-state index < -0.39 is 0 Å². The quantitative estimate of drug-likeness (QED) is 0.751. The van der Waals surface area contributed by atoms with Crippen molar-refractivity contribution < 1.29 is 4.74 Å². The van der Waals surface area contributed by atoms with E-state index in [1.807, 2.05) is 12.1 Å². The molecule has 4 nitrogen and oxygen atoms in total. The van der Waals surface area contributed by atoms with E-state index in [0.717, 1.165) is 45.1 Å². The van der Waals surface area contributed by atoms with Crippen molar-refractivity contribution >= 4 is 23.1 Å². The van der Waals surface area contributed by atoms with Crippen LogP contribution in [-0.2, 0) is 11.2 Å². The van der Waals surface area contributed by atoms with Gasteiger partial charge in [0.05, 0.1) is 13.2 Å². The number of nitrogens with zero attached hydrogens (tertiary/aromatic N) is 3. The van der Waals surface area contributed by atoms with E-state index in [0.29, 0.717) is 5.15 Å². The molecule has 2 aliphatic heterocycles. The van der Waals surface area contributed by atoms with Crippen molar-refractivity contribution in [1.29, 1.82) is 0 Å². The smallest absolute Gasteiger partial charge is 0.157 e. The van der Waals surface area contributed by atoms with E-state index in [9.17, 15) is 0 Å². The van der Waals surface area contributed by atoms with Crippen LogP contribution in [0.3, 0.4) is 0 Å². The van der Waals surface area contributed by atoms with Crippen LogP contribution in [0.4, 0.5) is 5.82 Å². The molecule has 1 aromatic rings. The van der Waals surface area contributed by atoms with Crippen LogP contribution in [0.2, 0.25) is 5.15 Å². The molecule has 3 rings (SSSR count). The third-order valence-electron chi connectivity index (χ3n) is 3.09. The summed E-state index contributed by atoms with van der Waals surface area (Å²) in [4.78, 5) is 11.1. The molecule has 5 heteroatoms. The van der Waals surface area contributed by atoms with E-state index in [-0.39, 0.29) is 0 Å². The number of halogens is 1. The topological polar surface area (TPSA) is 37.7 Å². The Morgan fingerprint density at radius 2 is 2.12 bits per heavy atom. The number of hydrogen-bond acceptors (Lipinski definition) is 4. The van der Waals surface area contributed by atoms with Crippen LogP contribution < -0.4 is 0 Å². The van der Waals surface area contributed by atoms with E-state index in [4.69, 9.17) is 16.3 Å². The molecule has 0 saturated carbocycles. The number of fused-ring (bicyclic) bond motifs is 1.